The van der Waals surface area contributed by atoms with Crippen molar-refractivity contribution >= 4 is 16.9 Å². The third-order valence-corrected chi connectivity index (χ3v) is 4.62. The van der Waals surface area contributed by atoms with Gasteiger partial charge in [-0.05, 0) is 29.8 Å². The molecule has 0 bridgehead atoms. The molecule has 1 aliphatic rings. The minimum absolute atomic E-state index is 0.0300. The van der Waals surface area contributed by atoms with Gasteiger partial charge in [0, 0.05) is 19.5 Å². The maximum atomic E-state index is 13.3. The predicted molar refractivity (Wildman–Crippen MR) is 103 cm³/mol. The number of rotatable bonds is 5. The second kappa shape index (κ2) is 7.76. The van der Waals surface area contributed by atoms with Gasteiger partial charge in [-0.2, -0.15) is 0 Å². The zero-order chi connectivity index (χ0) is 20.4. The van der Waals surface area contributed by atoms with E-state index in [1.165, 1.54) is 7.11 Å². The number of nitrogens with zero attached hydrogens (tertiary/aromatic N) is 1. The van der Waals surface area contributed by atoms with Gasteiger partial charge in [-0.15, -0.1) is 0 Å². The lowest BCUT2D eigenvalue weighted by molar-refractivity contribution is -0.140. The van der Waals surface area contributed by atoms with Crippen LogP contribution in [0.5, 0.6) is 5.95 Å². The largest absolute Gasteiger partial charge is 0.460 e. The Labute approximate surface area is 165 Å². The molecule has 0 unspecified atom stereocenters. The highest BCUT2D eigenvalue weighted by Crippen LogP contribution is 2.42. The maximum absolute atomic E-state index is 13.3. The first kappa shape index (κ1) is 18.7. The van der Waals surface area contributed by atoms with Crippen molar-refractivity contribution < 1.29 is 23.4 Å². The van der Waals surface area contributed by atoms with Crippen LogP contribution in [0.4, 0.5) is 0 Å². The second-order valence-corrected chi connectivity index (χ2v) is 6.35. The Hall–Kier alpha value is -3.65. The number of pyridine rings is 1. The van der Waals surface area contributed by atoms with Crippen molar-refractivity contribution in [1.29, 1.82) is 0 Å². The maximum Gasteiger partial charge on any atom is 0.340 e. The Balaban J connectivity index is 1.92. The number of carbonyl (C=O) groups excluding carboxylic acids is 1. The van der Waals surface area contributed by atoms with Crippen molar-refractivity contribution in [2.24, 2.45) is 5.73 Å². The lowest BCUT2D eigenvalue weighted by Gasteiger charge is -2.26. The fourth-order valence-corrected chi connectivity index (χ4v) is 3.31. The fourth-order valence-electron chi connectivity index (χ4n) is 3.31. The van der Waals surface area contributed by atoms with Crippen LogP contribution >= 0.6 is 0 Å². The highest BCUT2D eigenvalue weighted by Gasteiger charge is 2.39. The van der Waals surface area contributed by atoms with Gasteiger partial charge in [-0.1, -0.05) is 12.1 Å². The number of para-hydroxylation sites is 1. The number of aromatic nitrogens is 1. The van der Waals surface area contributed by atoms with E-state index in [1.54, 1.807) is 48.8 Å². The Morgan fingerprint density at radius 2 is 1.93 bits per heavy atom. The molecule has 148 valence electrons. The highest BCUT2D eigenvalue weighted by molar-refractivity contribution is 5.93. The van der Waals surface area contributed by atoms with Crippen LogP contribution in [0.25, 0.3) is 11.0 Å². The van der Waals surface area contributed by atoms with Crippen LogP contribution in [-0.2, 0) is 14.3 Å². The van der Waals surface area contributed by atoms with Crippen molar-refractivity contribution in [2.45, 2.75) is 5.92 Å². The Morgan fingerprint density at radius 3 is 2.69 bits per heavy atom. The summed E-state index contributed by atoms with van der Waals surface area (Å²) in [6.45, 7) is 0.261. The molecule has 0 spiro atoms. The molecule has 3 heterocycles. The molecule has 1 aromatic carbocycles. The third kappa shape index (κ3) is 3.34. The van der Waals surface area contributed by atoms with Crippen molar-refractivity contribution in [3.05, 3.63) is 81.6 Å². The monoisotopic (exact) mass is 394 g/mol. The predicted octanol–water partition coefficient (Wildman–Crippen LogP) is 2.07. The number of hydrogen-bond donors (Lipinski definition) is 1. The smallest absolute Gasteiger partial charge is 0.340 e. The van der Waals surface area contributed by atoms with Crippen LogP contribution in [0.1, 0.15) is 17.0 Å². The molecule has 8 nitrogen and oxygen atoms in total. The Morgan fingerprint density at radius 1 is 1.17 bits per heavy atom. The number of nitrogens with two attached hydrogens (primary N) is 1. The summed E-state index contributed by atoms with van der Waals surface area (Å²) in [6.07, 6.45) is 3.13. The summed E-state index contributed by atoms with van der Waals surface area (Å²) < 4.78 is 21.5. The zero-order valence-electron chi connectivity index (χ0n) is 15.6. The molecule has 2 aromatic heterocycles. The Kier molecular flexibility index (Phi) is 5.01. The van der Waals surface area contributed by atoms with Crippen molar-refractivity contribution in [3.63, 3.8) is 0 Å². The molecular weight excluding hydrogens is 376 g/mol. The number of benzene rings is 1. The first-order valence-corrected chi connectivity index (χ1v) is 8.91. The first-order chi connectivity index (χ1) is 14.1. The number of ether oxygens (including phenoxy) is 3. The van der Waals surface area contributed by atoms with Crippen LogP contribution in [0.3, 0.4) is 0 Å². The molecular formula is C21H18N2O6. The highest BCUT2D eigenvalue weighted by atomic mass is 16.6. The molecule has 2 N–H and O–H groups in total. The van der Waals surface area contributed by atoms with Crippen LogP contribution in [-0.4, -0.2) is 31.3 Å². The van der Waals surface area contributed by atoms with Crippen molar-refractivity contribution in [3.8, 4) is 5.95 Å². The minimum atomic E-state index is -0.822. The second-order valence-electron chi connectivity index (χ2n) is 6.35. The molecule has 8 heteroatoms. The summed E-state index contributed by atoms with van der Waals surface area (Å²) in [7, 11) is 1.50. The van der Waals surface area contributed by atoms with Crippen LogP contribution < -0.4 is 15.9 Å². The van der Waals surface area contributed by atoms with Gasteiger partial charge in [0.2, 0.25) is 11.3 Å². The summed E-state index contributed by atoms with van der Waals surface area (Å²) >= 11 is 0. The average Bonchev–Trinajstić information content (AvgIpc) is 2.73. The number of methoxy groups -OCH3 is 1. The molecule has 0 saturated heterocycles. The molecule has 29 heavy (non-hydrogen) atoms. The van der Waals surface area contributed by atoms with Gasteiger partial charge in [-0.25, -0.2) is 4.79 Å². The number of hydrogen-bond acceptors (Lipinski definition) is 8. The molecule has 1 atom stereocenters. The number of carbonyl (C=O) groups is 1. The topological polar surface area (TPSA) is 114 Å². The number of esters is 1. The molecule has 4 rings (SSSR count). The molecule has 0 saturated carbocycles. The summed E-state index contributed by atoms with van der Waals surface area (Å²) in [6, 6.07) is 10.2. The minimum Gasteiger partial charge on any atom is -0.460 e. The van der Waals surface area contributed by atoms with Crippen LogP contribution in [0.2, 0.25) is 0 Å². The van der Waals surface area contributed by atoms with Gasteiger partial charge in [0.25, 0.3) is 5.95 Å². The van der Waals surface area contributed by atoms with Gasteiger partial charge >= 0.3 is 5.97 Å². The normalized spacial score (nSPS) is 15.7. The van der Waals surface area contributed by atoms with E-state index in [0.29, 0.717) is 16.5 Å². The Bertz CT molecular complexity index is 1150. The van der Waals surface area contributed by atoms with Gasteiger partial charge in [-0.3, -0.25) is 9.78 Å². The molecule has 0 radical (unpaired) electrons. The summed E-state index contributed by atoms with van der Waals surface area (Å²) in [5.74, 6) is -1.74. The van der Waals surface area contributed by atoms with Crippen LogP contribution in [0, 0.1) is 0 Å². The SMILES string of the molecule is COCCOC(=O)C1=C(N)Oc2oc3ccccc3c(=O)c2[C@H]1c1ccncc1. The van der Waals surface area contributed by atoms with E-state index in [0.717, 1.165) is 0 Å². The van der Waals surface area contributed by atoms with E-state index in [1.807, 2.05) is 0 Å². The van der Waals surface area contributed by atoms with E-state index in [9.17, 15) is 9.59 Å². The van der Waals surface area contributed by atoms with Crippen molar-refractivity contribution in [1.82, 2.24) is 4.98 Å². The van der Waals surface area contributed by atoms with E-state index < -0.39 is 11.9 Å². The third-order valence-electron chi connectivity index (χ3n) is 4.62. The van der Waals surface area contributed by atoms with Crippen LogP contribution in [0.15, 0.2) is 69.5 Å². The van der Waals surface area contributed by atoms with Gasteiger partial charge in [0.15, 0.2) is 0 Å². The van der Waals surface area contributed by atoms with Gasteiger partial charge in [0.1, 0.15) is 17.8 Å². The van der Waals surface area contributed by atoms with Gasteiger partial charge in [0.05, 0.1) is 23.5 Å². The molecule has 0 fully saturated rings. The zero-order valence-corrected chi connectivity index (χ0v) is 15.6. The molecule has 1 aliphatic heterocycles. The lowest BCUT2D eigenvalue weighted by Crippen LogP contribution is -2.31. The van der Waals surface area contributed by atoms with Gasteiger partial charge < -0.3 is 24.4 Å². The summed E-state index contributed by atoms with van der Waals surface area (Å²) in [4.78, 5) is 30.1. The molecule has 3 aromatic rings. The lowest BCUT2D eigenvalue weighted by atomic mass is 9.84. The molecule has 0 aliphatic carbocycles. The standard InChI is InChI=1S/C21H18N2O6/c1-26-10-11-27-20(25)17-15(12-6-8-23-9-7-12)16-18(24)13-4-2-3-5-14(13)28-21(16)29-19(17)22/h2-9,15H,10-11,22H2,1H3/t15-/m1/s1. The van der Waals surface area contributed by atoms with E-state index >= 15 is 0 Å². The quantitative estimate of drug-likeness (QED) is 0.517. The summed E-state index contributed by atoms with van der Waals surface area (Å²) in [5.41, 5.74) is 6.97. The van der Waals surface area contributed by atoms with Crippen molar-refractivity contribution in [2.75, 3.05) is 20.3 Å². The van der Waals surface area contributed by atoms with E-state index in [2.05, 4.69) is 4.98 Å². The van der Waals surface area contributed by atoms with E-state index in [4.69, 9.17) is 24.4 Å². The molecule has 0 amide bonds. The first-order valence-electron chi connectivity index (χ1n) is 8.91. The van der Waals surface area contributed by atoms with E-state index in [-0.39, 0.29) is 41.6 Å². The average molecular weight is 394 g/mol. The fraction of sp³-hybridized carbons (Fsp3) is 0.190. The summed E-state index contributed by atoms with van der Waals surface area (Å²) in [5, 5.41) is 0.376. The number of fused-ring (bicyclic) bond motifs is 2.